The summed E-state index contributed by atoms with van der Waals surface area (Å²) in [7, 11) is 0. The summed E-state index contributed by atoms with van der Waals surface area (Å²) < 4.78 is 27.9. The lowest BCUT2D eigenvalue weighted by Crippen LogP contribution is -2.10. The fraction of sp³-hybridized carbons (Fsp3) is 0. The maximum absolute atomic E-state index is 14.8. The van der Waals surface area contributed by atoms with Crippen LogP contribution in [0, 0.1) is 11.6 Å². The molecule has 0 radical (unpaired) electrons. The highest BCUT2D eigenvalue weighted by molar-refractivity contribution is 6.12. The molecular weight excluding hydrogens is 318 g/mol. The van der Waals surface area contributed by atoms with E-state index in [0.29, 0.717) is 0 Å². The fourth-order valence-corrected chi connectivity index (χ4v) is 2.18. The Labute approximate surface area is 134 Å². The van der Waals surface area contributed by atoms with Crippen molar-refractivity contribution in [2.75, 3.05) is 0 Å². The average molecular weight is 328 g/mol. The topological polar surface area (TPSA) is 91.5 Å². The van der Waals surface area contributed by atoms with Crippen molar-refractivity contribution in [3.05, 3.63) is 71.9 Å². The van der Waals surface area contributed by atoms with Crippen molar-refractivity contribution in [3.63, 3.8) is 0 Å². The molecule has 0 saturated heterocycles. The molecule has 0 aliphatic heterocycles. The van der Waals surface area contributed by atoms with Crippen molar-refractivity contribution in [3.8, 4) is 17.0 Å². The van der Waals surface area contributed by atoms with Crippen LogP contribution in [0.25, 0.3) is 11.1 Å². The Morgan fingerprint density at radius 2 is 1.75 bits per heavy atom. The van der Waals surface area contributed by atoms with Crippen LogP contribution >= 0.6 is 0 Å². The summed E-state index contributed by atoms with van der Waals surface area (Å²) in [6, 6.07) is 6.30. The molecule has 0 aliphatic carbocycles. The first-order chi connectivity index (χ1) is 11.6. The highest BCUT2D eigenvalue weighted by Gasteiger charge is 2.20. The maximum atomic E-state index is 14.8. The predicted octanol–water partition coefficient (Wildman–Crippen LogP) is 2.75. The molecule has 0 saturated carbocycles. The molecule has 0 bridgehead atoms. The molecule has 8 heteroatoms. The summed E-state index contributed by atoms with van der Waals surface area (Å²) in [6.07, 6.45) is 3.66. The van der Waals surface area contributed by atoms with E-state index in [1.165, 1.54) is 30.6 Å². The summed E-state index contributed by atoms with van der Waals surface area (Å²) in [4.78, 5) is 11.2. The smallest absolute Gasteiger partial charge is 0.222 e. The monoisotopic (exact) mass is 328 g/mol. The lowest BCUT2D eigenvalue weighted by molar-refractivity contribution is 0.319. The quantitative estimate of drug-likeness (QED) is 0.438. The standard InChI is InChI=1S/C16H10F2N4O2/c17-10-3-1-9(2-4-10)14(22-24)15-13(18)11(5-6-20-15)12-7-19-8-21-16(12)23/h1-8,24H,(H,19,21,23)/b22-14-. The normalized spacial score (nSPS) is 11.5. The van der Waals surface area contributed by atoms with E-state index in [-0.39, 0.29) is 28.1 Å². The minimum atomic E-state index is -0.834. The molecular formula is C16H10F2N4O2. The van der Waals surface area contributed by atoms with E-state index >= 15 is 0 Å². The third kappa shape index (κ3) is 2.76. The van der Waals surface area contributed by atoms with Gasteiger partial charge in [0, 0.05) is 23.5 Å². The molecule has 24 heavy (non-hydrogen) atoms. The molecule has 2 aromatic heterocycles. The van der Waals surface area contributed by atoms with Crippen LogP contribution in [0.1, 0.15) is 11.3 Å². The zero-order valence-corrected chi connectivity index (χ0v) is 12.1. The van der Waals surface area contributed by atoms with Crippen LogP contribution in [0.4, 0.5) is 8.78 Å². The van der Waals surface area contributed by atoms with Gasteiger partial charge in [-0.05, 0) is 30.3 Å². The van der Waals surface area contributed by atoms with E-state index in [1.54, 1.807) is 0 Å². The Morgan fingerprint density at radius 1 is 1.00 bits per heavy atom. The number of rotatable bonds is 3. The van der Waals surface area contributed by atoms with Crippen molar-refractivity contribution in [2.24, 2.45) is 5.16 Å². The number of pyridine rings is 1. The van der Waals surface area contributed by atoms with Gasteiger partial charge in [0.1, 0.15) is 23.6 Å². The van der Waals surface area contributed by atoms with Crippen LogP contribution in [0.5, 0.6) is 5.88 Å². The van der Waals surface area contributed by atoms with Crippen LogP contribution in [-0.2, 0) is 0 Å². The zero-order valence-electron chi connectivity index (χ0n) is 12.1. The molecule has 1 aromatic carbocycles. The number of aromatic hydroxyl groups is 1. The van der Waals surface area contributed by atoms with Gasteiger partial charge in [-0.2, -0.15) is 0 Å². The van der Waals surface area contributed by atoms with Crippen LogP contribution in [0.15, 0.2) is 54.2 Å². The van der Waals surface area contributed by atoms with Crippen molar-refractivity contribution in [2.45, 2.75) is 0 Å². The van der Waals surface area contributed by atoms with Gasteiger partial charge in [-0.15, -0.1) is 0 Å². The molecule has 0 unspecified atom stereocenters. The van der Waals surface area contributed by atoms with Gasteiger partial charge < -0.3 is 10.3 Å². The predicted molar refractivity (Wildman–Crippen MR) is 80.7 cm³/mol. The first kappa shape index (κ1) is 15.5. The Balaban J connectivity index is 2.14. The Morgan fingerprint density at radius 3 is 2.42 bits per heavy atom. The number of aromatic nitrogens is 3. The van der Waals surface area contributed by atoms with Crippen LogP contribution in [-0.4, -0.2) is 31.0 Å². The Kier molecular flexibility index (Phi) is 4.11. The van der Waals surface area contributed by atoms with E-state index in [0.717, 1.165) is 18.5 Å². The lowest BCUT2D eigenvalue weighted by atomic mass is 10.0. The molecule has 0 amide bonds. The molecule has 2 heterocycles. The largest absolute Gasteiger partial charge is 0.493 e. The fourth-order valence-electron chi connectivity index (χ4n) is 2.18. The molecule has 0 spiro atoms. The molecule has 0 aliphatic rings. The second-order valence-corrected chi connectivity index (χ2v) is 4.74. The van der Waals surface area contributed by atoms with Crippen LogP contribution < -0.4 is 0 Å². The van der Waals surface area contributed by atoms with Gasteiger partial charge in [0.25, 0.3) is 0 Å². The summed E-state index contributed by atoms with van der Waals surface area (Å²) in [6.45, 7) is 0. The van der Waals surface area contributed by atoms with Crippen molar-refractivity contribution in [1.82, 2.24) is 15.0 Å². The molecule has 0 fully saturated rings. The van der Waals surface area contributed by atoms with E-state index < -0.39 is 17.5 Å². The van der Waals surface area contributed by atoms with Gasteiger partial charge in [-0.1, -0.05) is 5.16 Å². The summed E-state index contributed by atoms with van der Waals surface area (Å²) in [5.41, 5.74) is -0.108. The van der Waals surface area contributed by atoms with Crippen LogP contribution in [0.2, 0.25) is 0 Å². The third-order valence-electron chi connectivity index (χ3n) is 3.31. The number of benzene rings is 1. The Hall–Kier alpha value is -3.42. The second-order valence-electron chi connectivity index (χ2n) is 4.74. The van der Waals surface area contributed by atoms with E-state index in [1.807, 2.05) is 0 Å². The highest BCUT2D eigenvalue weighted by atomic mass is 19.1. The number of hydrogen-bond donors (Lipinski definition) is 2. The summed E-state index contributed by atoms with van der Waals surface area (Å²) in [5, 5.41) is 22.1. The first-order valence-electron chi connectivity index (χ1n) is 6.74. The SMILES string of the molecule is O/N=C(/c1ccc(F)cc1)c1nccc(-c2cncnc2O)c1F. The molecule has 120 valence electrons. The number of halogens is 2. The van der Waals surface area contributed by atoms with Gasteiger partial charge in [0.15, 0.2) is 5.82 Å². The molecule has 6 nitrogen and oxygen atoms in total. The van der Waals surface area contributed by atoms with E-state index in [9.17, 15) is 19.1 Å². The minimum Gasteiger partial charge on any atom is -0.493 e. The summed E-state index contributed by atoms with van der Waals surface area (Å²) >= 11 is 0. The molecule has 3 rings (SSSR count). The molecule has 2 N–H and O–H groups in total. The third-order valence-corrected chi connectivity index (χ3v) is 3.31. The van der Waals surface area contributed by atoms with Gasteiger partial charge in [0.2, 0.25) is 5.88 Å². The summed E-state index contributed by atoms with van der Waals surface area (Å²) in [5.74, 6) is -1.71. The Bertz CT molecular complexity index is 914. The number of nitrogens with zero attached hydrogens (tertiary/aromatic N) is 4. The van der Waals surface area contributed by atoms with Gasteiger partial charge in [0.05, 0.1) is 5.56 Å². The van der Waals surface area contributed by atoms with E-state index in [4.69, 9.17) is 0 Å². The molecule has 0 atom stereocenters. The van der Waals surface area contributed by atoms with Gasteiger partial charge >= 0.3 is 0 Å². The van der Waals surface area contributed by atoms with Crippen LogP contribution in [0.3, 0.4) is 0 Å². The van der Waals surface area contributed by atoms with Gasteiger partial charge in [-0.3, -0.25) is 4.98 Å². The maximum Gasteiger partial charge on any atom is 0.222 e. The average Bonchev–Trinajstić information content (AvgIpc) is 2.59. The van der Waals surface area contributed by atoms with Crippen molar-refractivity contribution >= 4 is 5.71 Å². The number of oxime groups is 1. The van der Waals surface area contributed by atoms with E-state index in [2.05, 4.69) is 20.1 Å². The number of hydrogen-bond acceptors (Lipinski definition) is 6. The van der Waals surface area contributed by atoms with Crippen molar-refractivity contribution in [1.29, 1.82) is 0 Å². The highest BCUT2D eigenvalue weighted by Crippen LogP contribution is 2.29. The van der Waals surface area contributed by atoms with Crippen molar-refractivity contribution < 1.29 is 19.1 Å². The lowest BCUT2D eigenvalue weighted by Gasteiger charge is -2.09. The second kappa shape index (κ2) is 6.37. The molecule has 3 aromatic rings. The minimum absolute atomic E-state index is 0.0126. The van der Waals surface area contributed by atoms with Gasteiger partial charge in [-0.25, -0.2) is 18.7 Å². The first-order valence-corrected chi connectivity index (χ1v) is 6.74. The zero-order chi connectivity index (χ0) is 17.1.